The van der Waals surface area contributed by atoms with E-state index in [1.165, 1.54) is 82.0 Å². The average Bonchev–Trinajstić information content (AvgIpc) is 3.14. The Hall–Kier alpha value is -1.69. The number of rotatable bonds is 2. The van der Waals surface area contributed by atoms with Crippen molar-refractivity contribution in [1.82, 2.24) is 9.80 Å². The van der Waals surface area contributed by atoms with E-state index in [0.29, 0.717) is 12.0 Å². The second kappa shape index (κ2) is 10.2. The van der Waals surface area contributed by atoms with Gasteiger partial charge in [-0.3, -0.25) is 4.90 Å². The Morgan fingerprint density at radius 1 is 0.944 bits per heavy atom. The second-order valence-electron chi connectivity index (χ2n) is 12.5. The van der Waals surface area contributed by atoms with Gasteiger partial charge in [-0.1, -0.05) is 43.1 Å². The molecule has 5 aliphatic rings. The summed E-state index contributed by atoms with van der Waals surface area (Å²) in [5.41, 5.74) is 1.95. The van der Waals surface area contributed by atoms with E-state index >= 15 is 0 Å². The monoisotopic (exact) mass is 491 g/mol. The Morgan fingerprint density at radius 2 is 1.75 bits per heavy atom. The molecule has 6 atom stereocenters. The zero-order chi connectivity index (χ0) is 24.6. The minimum atomic E-state index is -0.797. The third kappa shape index (κ3) is 4.56. The van der Waals surface area contributed by atoms with Gasteiger partial charge in [-0.25, -0.2) is 0 Å². The SMILES string of the molecule is [O-][n+]1ccc(CC2=C[C@@]3(O)CCC=CCCCCN4CC[C@@H]2[C@]2(C[C@@H]5CCCCCCN5[C@H]23)C4)cc1. The highest BCUT2D eigenvalue weighted by molar-refractivity contribution is 5.36. The molecule has 1 N–H and O–H groups in total. The molecule has 0 saturated carbocycles. The van der Waals surface area contributed by atoms with Crippen molar-refractivity contribution in [2.75, 3.05) is 26.2 Å². The van der Waals surface area contributed by atoms with Crippen LogP contribution in [0.2, 0.25) is 0 Å². The van der Waals surface area contributed by atoms with E-state index in [2.05, 4.69) is 28.0 Å². The Morgan fingerprint density at radius 3 is 2.64 bits per heavy atom. The summed E-state index contributed by atoms with van der Waals surface area (Å²) in [5.74, 6) is 0.521. The van der Waals surface area contributed by atoms with Gasteiger partial charge in [-0.15, -0.1) is 0 Å². The zero-order valence-electron chi connectivity index (χ0n) is 22.0. The molecule has 0 amide bonds. The number of hydrogen-bond donors (Lipinski definition) is 1. The molecule has 1 spiro atoms. The molecular formula is C31H45N3O2. The highest BCUT2D eigenvalue weighted by atomic mass is 16.5. The van der Waals surface area contributed by atoms with Crippen molar-refractivity contribution in [2.24, 2.45) is 11.3 Å². The van der Waals surface area contributed by atoms with Crippen molar-refractivity contribution in [3.63, 3.8) is 0 Å². The van der Waals surface area contributed by atoms with Crippen LogP contribution in [0.1, 0.15) is 82.6 Å². The summed E-state index contributed by atoms with van der Waals surface area (Å²) in [6, 6.07) is 4.77. The molecule has 36 heavy (non-hydrogen) atoms. The summed E-state index contributed by atoms with van der Waals surface area (Å²) in [6.45, 7) is 4.65. The summed E-state index contributed by atoms with van der Waals surface area (Å²) in [5, 5.41) is 24.4. The third-order valence-corrected chi connectivity index (χ3v) is 10.2. The maximum atomic E-state index is 12.7. The van der Waals surface area contributed by atoms with Crippen LogP contribution in [0.15, 0.2) is 48.3 Å². The van der Waals surface area contributed by atoms with Crippen LogP contribution < -0.4 is 4.73 Å². The normalized spacial score (nSPS) is 39.5. The van der Waals surface area contributed by atoms with Crippen LogP contribution in [0, 0.1) is 16.5 Å². The second-order valence-corrected chi connectivity index (χ2v) is 12.5. The summed E-state index contributed by atoms with van der Waals surface area (Å²) in [7, 11) is 0. The van der Waals surface area contributed by atoms with Gasteiger partial charge in [0.05, 0.1) is 5.60 Å². The third-order valence-electron chi connectivity index (χ3n) is 10.2. The summed E-state index contributed by atoms with van der Waals surface area (Å²) in [4.78, 5) is 5.58. The van der Waals surface area contributed by atoms with Crippen LogP contribution in [0.25, 0.3) is 0 Å². The number of pyridine rings is 1. The van der Waals surface area contributed by atoms with Gasteiger partial charge in [-0.05, 0) is 95.3 Å². The highest BCUT2D eigenvalue weighted by Gasteiger charge is 2.65. The smallest absolute Gasteiger partial charge is 0.180 e. The first-order valence-corrected chi connectivity index (χ1v) is 14.8. The molecule has 1 aromatic rings. The van der Waals surface area contributed by atoms with Crippen LogP contribution in [0.3, 0.4) is 0 Å². The molecule has 3 fully saturated rings. The number of allylic oxidation sites excluding steroid dienone is 3. The van der Waals surface area contributed by atoms with Crippen LogP contribution in [0.5, 0.6) is 0 Å². The maximum absolute atomic E-state index is 12.7. The predicted molar refractivity (Wildman–Crippen MR) is 143 cm³/mol. The van der Waals surface area contributed by atoms with E-state index in [-0.39, 0.29) is 11.5 Å². The minimum absolute atomic E-state index is 0.122. The van der Waals surface area contributed by atoms with Gasteiger partial charge < -0.3 is 15.2 Å². The Balaban J connectivity index is 1.45. The summed E-state index contributed by atoms with van der Waals surface area (Å²) >= 11 is 0. The van der Waals surface area contributed by atoms with Crippen LogP contribution >= 0.6 is 0 Å². The van der Waals surface area contributed by atoms with Gasteiger partial charge in [0, 0.05) is 36.2 Å². The predicted octanol–water partition coefficient (Wildman–Crippen LogP) is 4.77. The van der Waals surface area contributed by atoms with Crippen molar-refractivity contribution >= 4 is 0 Å². The quantitative estimate of drug-likeness (QED) is 0.368. The number of aliphatic hydroxyl groups is 1. The maximum Gasteiger partial charge on any atom is 0.180 e. The fraction of sp³-hybridized carbons (Fsp3) is 0.710. The molecule has 0 radical (unpaired) electrons. The largest absolute Gasteiger partial charge is 0.619 e. The standard InChI is InChI=1S/C31H45N3O2/c35-31-15-8-4-1-2-5-9-16-32-18-14-28(26(22-31)21-25-12-19-33(36)20-13-25)30(24-32)23-27-11-7-3-6-10-17-34(27)29(30)31/h1,4,12-13,19-20,22,27-29,35H,2-3,5-11,14-18,21,23-24H2/t27-,28-,29+,30-,31-/m0/s1. The minimum Gasteiger partial charge on any atom is -0.619 e. The zero-order valence-corrected chi connectivity index (χ0v) is 22.0. The van der Waals surface area contributed by atoms with Crippen molar-refractivity contribution < 1.29 is 9.84 Å². The summed E-state index contributed by atoms with van der Waals surface area (Å²) in [6.07, 6.45) is 25.6. The average molecular weight is 492 g/mol. The first-order valence-electron chi connectivity index (χ1n) is 14.8. The van der Waals surface area contributed by atoms with Gasteiger partial charge in [0.25, 0.3) is 0 Å². The topological polar surface area (TPSA) is 53.7 Å². The number of hydrogen-bond acceptors (Lipinski definition) is 4. The number of fused-ring (bicyclic) bond motifs is 2. The molecule has 0 aromatic carbocycles. The summed E-state index contributed by atoms with van der Waals surface area (Å²) < 4.78 is 0.875. The first kappa shape index (κ1) is 24.6. The number of aromatic nitrogens is 1. The Labute approximate surface area is 217 Å². The van der Waals surface area contributed by atoms with Crippen molar-refractivity contribution in [1.29, 1.82) is 0 Å². The van der Waals surface area contributed by atoms with Crippen LogP contribution in [0.4, 0.5) is 0 Å². The highest BCUT2D eigenvalue weighted by Crippen LogP contribution is 2.60. The first-order chi connectivity index (χ1) is 17.6. The number of nitrogens with zero attached hydrogens (tertiary/aromatic N) is 3. The van der Waals surface area contributed by atoms with Crippen LogP contribution in [-0.4, -0.2) is 58.8 Å². The lowest BCUT2D eigenvalue weighted by Gasteiger charge is -2.58. The van der Waals surface area contributed by atoms with Gasteiger partial charge in [0.1, 0.15) is 0 Å². The van der Waals surface area contributed by atoms with Gasteiger partial charge in [-0.2, -0.15) is 4.73 Å². The molecule has 4 aliphatic heterocycles. The van der Waals surface area contributed by atoms with E-state index < -0.39 is 5.60 Å². The molecule has 5 heteroatoms. The Bertz CT molecular complexity index is 975. The molecule has 6 rings (SSSR count). The lowest BCUT2D eigenvalue weighted by molar-refractivity contribution is -0.605. The number of piperidine rings is 1. The van der Waals surface area contributed by atoms with Crippen molar-refractivity contribution in [3.05, 3.63) is 59.1 Å². The fourth-order valence-electron chi connectivity index (χ4n) is 8.86. The molecule has 196 valence electrons. The lowest BCUT2D eigenvalue weighted by atomic mass is 9.54. The van der Waals surface area contributed by atoms with E-state index in [1.807, 2.05) is 12.1 Å². The molecule has 5 heterocycles. The molecule has 3 bridgehead atoms. The Kier molecular flexibility index (Phi) is 7.00. The van der Waals surface area contributed by atoms with Crippen molar-refractivity contribution in [3.8, 4) is 0 Å². The molecule has 1 aromatic heterocycles. The van der Waals surface area contributed by atoms with E-state index in [0.717, 1.165) is 43.5 Å². The van der Waals surface area contributed by atoms with Crippen molar-refractivity contribution in [2.45, 2.75) is 101 Å². The van der Waals surface area contributed by atoms with Crippen LogP contribution in [-0.2, 0) is 6.42 Å². The van der Waals surface area contributed by atoms with Gasteiger partial charge in [0.2, 0.25) is 0 Å². The van der Waals surface area contributed by atoms with E-state index in [9.17, 15) is 10.3 Å². The van der Waals surface area contributed by atoms with E-state index in [1.54, 1.807) is 12.4 Å². The molecule has 1 unspecified atom stereocenters. The molecule has 1 aliphatic carbocycles. The molecule has 3 saturated heterocycles. The van der Waals surface area contributed by atoms with E-state index in [4.69, 9.17) is 0 Å². The van der Waals surface area contributed by atoms with Gasteiger partial charge >= 0.3 is 0 Å². The lowest BCUT2D eigenvalue weighted by Crippen LogP contribution is -2.66. The molecular weight excluding hydrogens is 446 g/mol. The van der Waals surface area contributed by atoms with Gasteiger partial charge in [0.15, 0.2) is 12.4 Å². The fourth-order valence-corrected chi connectivity index (χ4v) is 8.86. The molecule has 5 nitrogen and oxygen atoms in total.